The Morgan fingerprint density at radius 1 is 1.04 bits per heavy atom. The Morgan fingerprint density at radius 2 is 1.71 bits per heavy atom. The summed E-state index contributed by atoms with van der Waals surface area (Å²) >= 11 is 0. The first-order valence-electron chi connectivity index (χ1n) is 7.76. The molecule has 1 atom stereocenters. The Labute approximate surface area is 143 Å². The molecular formula is C19H24N2O3. The van der Waals surface area contributed by atoms with Crippen LogP contribution in [0.2, 0.25) is 0 Å². The Kier molecular flexibility index (Phi) is 6.21. The van der Waals surface area contributed by atoms with E-state index in [9.17, 15) is 4.79 Å². The van der Waals surface area contributed by atoms with Gasteiger partial charge in [0, 0.05) is 6.54 Å². The molecule has 0 saturated carbocycles. The van der Waals surface area contributed by atoms with Gasteiger partial charge < -0.3 is 14.8 Å². The first-order chi connectivity index (χ1) is 11.6. The lowest BCUT2D eigenvalue weighted by molar-refractivity contribution is -0.125. The lowest BCUT2D eigenvalue weighted by Gasteiger charge is -2.24. The summed E-state index contributed by atoms with van der Waals surface area (Å²) < 4.78 is 10.5. The first kappa shape index (κ1) is 17.8. The van der Waals surface area contributed by atoms with E-state index in [1.165, 1.54) is 0 Å². The highest BCUT2D eigenvalue weighted by molar-refractivity contribution is 5.83. The fourth-order valence-electron chi connectivity index (χ4n) is 2.60. The second kappa shape index (κ2) is 8.36. The van der Waals surface area contributed by atoms with Gasteiger partial charge in [-0.25, -0.2) is 0 Å². The van der Waals surface area contributed by atoms with E-state index in [-0.39, 0.29) is 11.9 Å². The summed E-state index contributed by atoms with van der Waals surface area (Å²) in [6, 6.07) is 15.0. The van der Waals surface area contributed by atoms with Crippen molar-refractivity contribution in [1.82, 2.24) is 10.2 Å². The minimum atomic E-state index is -0.327. The number of likely N-dealkylation sites (N-methyl/N-ethyl adjacent to an activating group) is 1. The number of hydrogen-bond donors (Lipinski definition) is 1. The molecule has 2 aromatic rings. The molecule has 5 heteroatoms. The Balaban J connectivity index is 2.08. The molecule has 0 spiro atoms. The molecule has 0 aliphatic heterocycles. The zero-order chi connectivity index (χ0) is 17.5. The van der Waals surface area contributed by atoms with Crippen molar-refractivity contribution in [3.63, 3.8) is 0 Å². The lowest BCUT2D eigenvalue weighted by Crippen LogP contribution is -2.36. The average Bonchev–Trinajstić information content (AvgIpc) is 2.60. The molecular weight excluding hydrogens is 304 g/mol. The van der Waals surface area contributed by atoms with Crippen molar-refractivity contribution in [3.05, 3.63) is 59.7 Å². The van der Waals surface area contributed by atoms with Crippen LogP contribution in [0.25, 0.3) is 0 Å². The number of carbonyl (C=O) groups is 1. The molecule has 0 saturated heterocycles. The highest BCUT2D eigenvalue weighted by Gasteiger charge is 2.22. The molecule has 0 aliphatic carbocycles. The maximum Gasteiger partial charge on any atom is 0.242 e. The van der Waals surface area contributed by atoms with Gasteiger partial charge >= 0.3 is 0 Å². The van der Waals surface area contributed by atoms with Gasteiger partial charge in [0.25, 0.3) is 0 Å². The van der Waals surface area contributed by atoms with Gasteiger partial charge in [-0.3, -0.25) is 9.69 Å². The monoisotopic (exact) mass is 328 g/mol. The molecule has 2 aromatic carbocycles. The van der Waals surface area contributed by atoms with E-state index < -0.39 is 0 Å². The van der Waals surface area contributed by atoms with Crippen LogP contribution in [0.4, 0.5) is 0 Å². The molecule has 2 rings (SSSR count). The number of carbonyl (C=O) groups excluding carboxylic acids is 1. The van der Waals surface area contributed by atoms with Crippen molar-refractivity contribution < 1.29 is 14.3 Å². The molecule has 0 fully saturated rings. The molecule has 24 heavy (non-hydrogen) atoms. The minimum Gasteiger partial charge on any atom is -0.493 e. The van der Waals surface area contributed by atoms with Crippen molar-refractivity contribution in [2.45, 2.75) is 12.6 Å². The highest BCUT2D eigenvalue weighted by atomic mass is 16.5. The summed E-state index contributed by atoms with van der Waals surface area (Å²) in [4.78, 5) is 14.5. The molecule has 128 valence electrons. The fraction of sp³-hybridized carbons (Fsp3) is 0.316. The molecule has 0 aliphatic rings. The summed E-state index contributed by atoms with van der Waals surface area (Å²) in [5, 5.41) is 2.99. The second-order valence-corrected chi connectivity index (χ2v) is 5.68. The van der Waals surface area contributed by atoms with Crippen molar-refractivity contribution >= 4 is 5.91 Å². The van der Waals surface area contributed by atoms with Gasteiger partial charge in [-0.05, 0) is 37.4 Å². The molecule has 5 nitrogen and oxygen atoms in total. The number of nitrogens with zero attached hydrogens (tertiary/aromatic N) is 1. The van der Waals surface area contributed by atoms with Crippen LogP contribution in [0.15, 0.2) is 48.5 Å². The highest BCUT2D eigenvalue weighted by Crippen LogP contribution is 2.27. The SMILES string of the molecule is COc1ccc(CNC(=O)[C@@H](c2ccccc2)N(C)C)cc1OC. The van der Waals surface area contributed by atoms with Gasteiger partial charge in [0.15, 0.2) is 11.5 Å². The minimum absolute atomic E-state index is 0.0408. The largest absolute Gasteiger partial charge is 0.493 e. The Hall–Kier alpha value is -2.53. The van der Waals surface area contributed by atoms with E-state index in [0.717, 1.165) is 11.1 Å². The topological polar surface area (TPSA) is 50.8 Å². The number of benzene rings is 2. The van der Waals surface area contributed by atoms with Crippen LogP contribution in [-0.4, -0.2) is 39.1 Å². The number of hydrogen-bond acceptors (Lipinski definition) is 4. The van der Waals surface area contributed by atoms with Gasteiger partial charge in [0.1, 0.15) is 6.04 Å². The van der Waals surface area contributed by atoms with Gasteiger partial charge in [-0.15, -0.1) is 0 Å². The van der Waals surface area contributed by atoms with E-state index in [1.54, 1.807) is 14.2 Å². The fourth-order valence-corrected chi connectivity index (χ4v) is 2.60. The molecule has 0 heterocycles. The van der Waals surface area contributed by atoms with Gasteiger partial charge in [-0.2, -0.15) is 0 Å². The molecule has 1 N–H and O–H groups in total. The third-order valence-corrected chi connectivity index (χ3v) is 3.79. The smallest absolute Gasteiger partial charge is 0.242 e. The molecule has 1 amide bonds. The third kappa shape index (κ3) is 4.26. The lowest BCUT2D eigenvalue weighted by atomic mass is 10.1. The van der Waals surface area contributed by atoms with Crippen molar-refractivity contribution in [3.8, 4) is 11.5 Å². The summed E-state index contributed by atoms with van der Waals surface area (Å²) in [6.07, 6.45) is 0. The number of methoxy groups -OCH3 is 2. The molecule has 0 radical (unpaired) electrons. The number of rotatable bonds is 7. The first-order valence-corrected chi connectivity index (χ1v) is 7.76. The van der Waals surface area contributed by atoms with Crippen molar-refractivity contribution in [1.29, 1.82) is 0 Å². The third-order valence-electron chi connectivity index (χ3n) is 3.79. The Bertz CT molecular complexity index is 672. The molecule has 0 unspecified atom stereocenters. The second-order valence-electron chi connectivity index (χ2n) is 5.68. The van der Waals surface area contributed by atoms with Gasteiger partial charge in [0.05, 0.1) is 14.2 Å². The van der Waals surface area contributed by atoms with Crippen LogP contribution >= 0.6 is 0 Å². The van der Waals surface area contributed by atoms with Crippen LogP contribution in [0.5, 0.6) is 11.5 Å². The van der Waals surface area contributed by atoms with Crippen LogP contribution < -0.4 is 14.8 Å². The van der Waals surface area contributed by atoms with E-state index in [2.05, 4.69) is 5.32 Å². The zero-order valence-corrected chi connectivity index (χ0v) is 14.6. The number of ether oxygens (including phenoxy) is 2. The van der Waals surface area contributed by atoms with Crippen molar-refractivity contribution in [2.75, 3.05) is 28.3 Å². The van der Waals surface area contributed by atoms with E-state index in [0.29, 0.717) is 18.0 Å². The van der Waals surface area contributed by atoms with Crippen molar-refractivity contribution in [2.24, 2.45) is 0 Å². The summed E-state index contributed by atoms with van der Waals surface area (Å²) in [7, 11) is 6.99. The Morgan fingerprint density at radius 3 is 2.29 bits per heavy atom. The molecule has 0 bridgehead atoms. The van der Waals surface area contributed by atoms with Crippen LogP contribution in [0, 0.1) is 0 Å². The van der Waals surface area contributed by atoms with Gasteiger partial charge in [-0.1, -0.05) is 36.4 Å². The summed E-state index contributed by atoms with van der Waals surface area (Å²) in [5.41, 5.74) is 1.92. The quantitative estimate of drug-likeness (QED) is 0.849. The molecule has 0 aromatic heterocycles. The number of amides is 1. The normalized spacial score (nSPS) is 11.9. The number of nitrogens with one attached hydrogen (secondary N) is 1. The van der Waals surface area contributed by atoms with Crippen LogP contribution in [0.1, 0.15) is 17.2 Å². The maximum atomic E-state index is 12.6. The average molecular weight is 328 g/mol. The van der Waals surface area contributed by atoms with E-state index in [1.807, 2.05) is 67.5 Å². The van der Waals surface area contributed by atoms with Gasteiger partial charge in [0.2, 0.25) is 5.91 Å². The zero-order valence-electron chi connectivity index (χ0n) is 14.6. The van der Waals surface area contributed by atoms with Crippen LogP contribution in [0.3, 0.4) is 0 Å². The van der Waals surface area contributed by atoms with E-state index in [4.69, 9.17) is 9.47 Å². The van der Waals surface area contributed by atoms with E-state index >= 15 is 0 Å². The predicted octanol–water partition coefficient (Wildman–Crippen LogP) is 2.62. The van der Waals surface area contributed by atoms with Crippen LogP contribution in [-0.2, 0) is 11.3 Å². The predicted molar refractivity (Wildman–Crippen MR) is 94.3 cm³/mol. The summed E-state index contributed by atoms with van der Waals surface area (Å²) in [5.74, 6) is 1.28. The standard InChI is InChI=1S/C19H24N2O3/c1-21(2)18(15-8-6-5-7-9-15)19(22)20-13-14-10-11-16(23-3)17(12-14)24-4/h5-12,18H,13H2,1-4H3,(H,20,22)/t18-/m1/s1. The maximum absolute atomic E-state index is 12.6. The summed E-state index contributed by atoms with van der Waals surface area (Å²) in [6.45, 7) is 0.427.